The molecule has 0 spiro atoms. The zero-order valence-electron chi connectivity index (χ0n) is 22.5. The molecular weight excluding hydrogens is 460 g/mol. The maximum atomic E-state index is 10.8. The van der Waals surface area contributed by atoms with Gasteiger partial charge in [-0.05, 0) is 50.7 Å². The summed E-state index contributed by atoms with van der Waals surface area (Å²) in [6.45, 7) is 14.8. The summed E-state index contributed by atoms with van der Waals surface area (Å²) in [7, 11) is 1.64. The fraction of sp³-hybridized carbons (Fsp3) is 0.750. The SMILES string of the molecule is CC.CC.CC(C)(O)O.CCCC(COC)OC(C)(O)C1=C2CC(=CS1)C=NC=N2.CSC. The van der Waals surface area contributed by atoms with Crippen molar-refractivity contribution in [2.24, 2.45) is 9.98 Å². The molecule has 7 nitrogen and oxygen atoms in total. The van der Waals surface area contributed by atoms with Crippen molar-refractivity contribution in [1.29, 1.82) is 0 Å². The Morgan fingerprint density at radius 2 is 1.64 bits per heavy atom. The van der Waals surface area contributed by atoms with Crippen LogP contribution in [0.25, 0.3) is 0 Å². The van der Waals surface area contributed by atoms with Gasteiger partial charge in [-0.15, -0.1) is 0 Å². The van der Waals surface area contributed by atoms with E-state index in [2.05, 4.69) is 16.9 Å². The Morgan fingerprint density at radius 3 is 2.09 bits per heavy atom. The minimum absolute atomic E-state index is 0.139. The van der Waals surface area contributed by atoms with E-state index in [0.717, 1.165) is 29.0 Å². The van der Waals surface area contributed by atoms with Gasteiger partial charge in [-0.3, -0.25) is 0 Å². The molecule has 2 aliphatic heterocycles. The molecule has 9 heteroatoms. The number of aliphatic imine (C=N–C) groups is 2. The number of hydrogen-bond acceptors (Lipinski definition) is 9. The molecule has 0 radical (unpaired) electrons. The summed E-state index contributed by atoms with van der Waals surface area (Å²) >= 11 is 3.20. The van der Waals surface area contributed by atoms with Gasteiger partial charge >= 0.3 is 0 Å². The van der Waals surface area contributed by atoms with Gasteiger partial charge in [-0.2, -0.15) is 11.8 Å². The lowest BCUT2D eigenvalue weighted by Gasteiger charge is -2.32. The molecule has 2 atom stereocenters. The van der Waals surface area contributed by atoms with Crippen LogP contribution in [-0.2, 0) is 9.47 Å². The van der Waals surface area contributed by atoms with Gasteiger partial charge < -0.3 is 24.8 Å². The summed E-state index contributed by atoms with van der Waals surface area (Å²) in [6.07, 6.45) is 9.73. The van der Waals surface area contributed by atoms with E-state index in [-0.39, 0.29) is 6.10 Å². The number of aliphatic hydroxyl groups is 3. The number of allylic oxidation sites excluding steroid dienone is 1. The van der Waals surface area contributed by atoms with E-state index in [1.807, 2.05) is 45.6 Å². The average Bonchev–Trinajstić information content (AvgIpc) is 2.91. The summed E-state index contributed by atoms with van der Waals surface area (Å²) < 4.78 is 11.1. The third kappa shape index (κ3) is 20.4. The van der Waals surface area contributed by atoms with Crippen molar-refractivity contribution in [2.75, 3.05) is 26.2 Å². The van der Waals surface area contributed by atoms with E-state index in [1.54, 1.807) is 32.0 Å². The molecule has 0 aliphatic carbocycles. The maximum Gasteiger partial charge on any atom is 0.197 e. The van der Waals surface area contributed by atoms with E-state index < -0.39 is 11.6 Å². The Kier molecular flexibility index (Phi) is 24.4. The molecule has 2 unspecified atom stereocenters. The van der Waals surface area contributed by atoms with Gasteiger partial charge in [-0.1, -0.05) is 52.8 Å². The van der Waals surface area contributed by atoms with Crippen LogP contribution in [0.3, 0.4) is 0 Å². The third-order valence-corrected chi connectivity index (χ3v) is 4.53. The minimum Gasteiger partial charge on any atom is -0.382 e. The van der Waals surface area contributed by atoms with Crippen molar-refractivity contribution in [3.63, 3.8) is 0 Å². The number of hydrogen-bond donors (Lipinski definition) is 3. The monoisotopic (exact) mass is 508 g/mol. The predicted octanol–water partition coefficient (Wildman–Crippen LogP) is 5.61. The van der Waals surface area contributed by atoms with Gasteiger partial charge in [-0.25, -0.2) is 9.98 Å². The lowest BCUT2D eigenvalue weighted by molar-refractivity contribution is -0.198. The normalized spacial score (nSPS) is 16.6. The van der Waals surface area contributed by atoms with Crippen LogP contribution in [-0.4, -0.2) is 71.8 Å². The number of methoxy groups -OCH3 is 1. The number of thioether (sulfide) groups is 2. The standard InChI is InChI=1S/C15H22N2O3S.C3H8O2.C2H6S.2C2H6/c1-4-5-12(8-19-3)20-15(2,18)14-13-6-11(9-21-14)7-16-10-17-13;1-3(2,4)5;1-3-2;2*1-2/h7,9-10,12,18H,4-6,8H2,1-3H3;4-5H,1-2H3;1-2H3;2*1-2H3. The summed E-state index contributed by atoms with van der Waals surface area (Å²) in [4.78, 5) is 9.12. The molecule has 0 aromatic rings. The van der Waals surface area contributed by atoms with Crippen molar-refractivity contribution in [1.82, 2.24) is 0 Å². The molecule has 0 saturated heterocycles. The average molecular weight is 509 g/mol. The molecule has 196 valence electrons. The molecule has 2 heterocycles. The first-order chi connectivity index (χ1) is 15.5. The number of fused-ring (bicyclic) bond motifs is 2. The lowest BCUT2D eigenvalue weighted by atomic mass is 10.1. The highest BCUT2D eigenvalue weighted by Gasteiger charge is 2.34. The van der Waals surface area contributed by atoms with Gasteiger partial charge in [0.1, 0.15) is 6.34 Å². The van der Waals surface area contributed by atoms with E-state index in [1.165, 1.54) is 31.9 Å². The maximum absolute atomic E-state index is 10.8. The first-order valence-corrected chi connectivity index (χ1v) is 13.9. The van der Waals surface area contributed by atoms with E-state index in [0.29, 0.717) is 13.0 Å². The zero-order valence-corrected chi connectivity index (χ0v) is 24.1. The van der Waals surface area contributed by atoms with Crippen LogP contribution in [0.1, 0.15) is 74.7 Å². The second kappa shape index (κ2) is 21.8. The van der Waals surface area contributed by atoms with Crippen LogP contribution >= 0.6 is 23.5 Å². The van der Waals surface area contributed by atoms with Crippen LogP contribution in [0.4, 0.5) is 0 Å². The fourth-order valence-corrected chi connectivity index (χ4v) is 3.31. The highest BCUT2D eigenvalue weighted by molar-refractivity contribution is 8.06. The number of rotatable bonds is 7. The van der Waals surface area contributed by atoms with Crippen LogP contribution < -0.4 is 0 Å². The van der Waals surface area contributed by atoms with Gasteiger partial charge in [0.25, 0.3) is 0 Å². The smallest absolute Gasteiger partial charge is 0.197 e. The Morgan fingerprint density at radius 1 is 1.12 bits per heavy atom. The molecule has 2 aliphatic rings. The Hall–Kier alpha value is -0.680. The second-order valence-corrected chi connectivity index (χ2v) is 8.85. The second-order valence-electron chi connectivity index (χ2n) is 7.16. The molecule has 0 amide bonds. The van der Waals surface area contributed by atoms with Crippen LogP contribution in [0.15, 0.2) is 31.6 Å². The molecule has 33 heavy (non-hydrogen) atoms. The Balaban J connectivity index is -0.000000632. The van der Waals surface area contributed by atoms with Crippen LogP contribution in [0.2, 0.25) is 0 Å². The van der Waals surface area contributed by atoms with Crippen molar-refractivity contribution in [3.8, 4) is 0 Å². The van der Waals surface area contributed by atoms with Gasteiger partial charge in [0, 0.05) is 19.7 Å². The van der Waals surface area contributed by atoms with Gasteiger partial charge in [0.05, 0.1) is 23.3 Å². The molecular formula is C24H48N2O5S2. The third-order valence-electron chi connectivity index (χ3n) is 3.26. The summed E-state index contributed by atoms with van der Waals surface area (Å²) in [5.74, 6) is -2.87. The van der Waals surface area contributed by atoms with Crippen molar-refractivity contribution in [3.05, 3.63) is 21.6 Å². The van der Waals surface area contributed by atoms with E-state index >= 15 is 0 Å². The quantitative estimate of drug-likeness (QED) is 0.384. The predicted molar refractivity (Wildman–Crippen MR) is 147 cm³/mol. The molecule has 3 N–H and O–H groups in total. The summed E-state index contributed by atoms with van der Waals surface area (Å²) in [6, 6.07) is 0. The molecule has 2 rings (SSSR count). The van der Waals surface area contributed by atoms with Crippen LogP contribution in [0.5, 0.6) is 0 Å². The molecule has 0 fully saturated rings. The first-order valence-electron chi connectivity index (χ1n) is 11.4. The minimum atomic E-state index is -1.50. The van der Waals surface area contributed by atoms with Crippen molar-refractivity contribution < 1.29 is 24.8 Å². The topological polar surface area (TPSA) is 104 Å². The summed E-state index contributed by atoms with van der Waals surface area (Å²) in [5.41, 5.74) is 1.90. The Bertz CT molecular complexity index is 586. The van der Waals surface area contributed by atoms with Crippen molar-refractivity contribution in [2.45, 2.75) is 92.3 Å². The fourth-order valence-electron chi connectivity index (χ4n) is 2.37. The Labute approximate surface area is 210 Å². The molecule has 2 bridgehead atoms. The van der Waals surface area contributed by atoms with E-state index in [9.17, 15) is 5.11 Å². The largest absolute Gasteiger partial charge is 0.382 e. The number of nitrogens with zero attached hydrogens (tertiary/aromatic N) is 2. The number of ether oxygens (including phenoxy) is 2. The van der Waals surface area contributed by atoms with E-state index in [4.69, 9.17) is 19.7 Å². The van der Waals surface area contributed by atoms with Gasteiger partial charge in [0.2, 0.25) is 0 Å². The molecule has 0 saturated carbocycles. The highest BCUT2D eigenvalue weighted by atomic mass is 32.2. The van der Waals surface area contributed by atoms with Crippen LogP contribution in [0, 0.1) is 0 Å². The molecule has 0 aromatic heterocycles. The summed E-state index contributed by atoms with van der Waals surface area (Å²) in [5, 5.41) is 28.9. The zero-order chi connectivity index (χ0) is 26.5. The highest BCUT2D eigenvalue weighted by Crippen LogP contribution is 2.41. The van der Waals surface area contributed by atoms with Gasteiger partial charge in [0.15, 0.2) is 11.6 Å². The lowest BCUT2D eigenvalue weighted by Crippen LogP contribution is -2.37. The molecule has 0 aromatic carbocycles. The first kappa shape index (κ1) is 36.9. The van der Waals surface area contributed by atoms with Crippen molar-refractivity contribution >= 4 is 36.1 Å².